The first-order valence-corrected chi connectivity index (χ1v) is 10.4. The molecular formula is C21H35N3O4. The molecule has 1 aromatic rings. The Balaban J connectivity index is 1.78. The first-order valence-electron chi connectivity index (χ1n) is 10.4. The van der Waals surface area contributed by atoms with Crippen molar-refractivity contribution in [3.63, 3.8) is 0 Å². The number of nitrogens with zero attached hydrogens (tertiary/aromatic N) is 2. The SMILES string of the molecule is CC1CCC(n2cnc(CC(CCCNC(=O)OC(C)(C)C)C(=O)O)c2)CC1. The number of carboxylic acid groups (broad SMARTS) is 1. The molecule has 0 spiro atoms. The van der Waals surface area contributed by atoms with Crippen LogP contribution in [0.25, 0.3) is 0 Å². The third kappa shape index (κ3) is 7.52. The molecule has 0 aromatic carbocycles. The van der Waals surface area contributed by atoms with Gasteiger partial charge in [0.05, 0.1) is 17.9 Å². The number of hydrogen-bond acceptors (Lipinski definition) is 4. The highest BCUT2D eigenvalue weighted by Gasteiger charge is 2.22. The number of rotatable bonds is 8. The van der Waals surface area contributed by atoms with E-state index in [0.717, 1.165) is 24.5 Å². The summed E-state index contributed by atoms with van der Waals surface area (Å²) in [7, 11) is 0. The number of alkyl carbamates (subject to hydrolysis) is 1. The summed E-state index contributed by atoms with van der Waals surface area (Å²) < 4.78 is 7.33. The number of nitrogens with one attached hydrogen (secondary N) is 1. The summed E-state index contributed by atoms with van der Waals surface area (Å²) in [4.78, 5) is 27.7. The van der Waals surface area contributed by atoms with Crippen LogP contribution in [0, 0.1) is 11.8 Å². The number of carboxylic acids is 1. The van der Waals surface area contributed by atoms with Crippen molar-refractivity contribution in [1.29, 1.82) is 0 Å². The van der Waals surface area contributed by atoms with Crippen LogP contribution in [0.5, 0.6) is 0 Å². The molecule has 158 valence electrons. The van der Waals surface area contributed by atoms with E-state index in [4.69, 9.17) is 4.74 Å². The molecular weight excluding hydrogens is 358 g/mol. The molecule has 0 bridgehead atoms. The van der Waals surface area contributed by atoms with Crippen LogP contribution in [0.2, 0.25) is 0 Å². The van der Waals surface area contributed by atoms with Crippen molar-refractivity contribution in [2.45, 2.75) is 84.3 Å². The molecule has 0 radical (unpaired) electrons. The first kappa shape index (κ1) is 22.2. The van der Waals surface area contributed by atoms with Crippen molar-refractivity contribution in [2.75, 3.05) is 6.54 Å². The molecule has 1 saturated carbocycles. The van der Waals surface area contributed by atoms with Crippen LogP contribution < -0.4 is 5.32 Å². The topological polar surface area (TPSA) is 93.5 Å². The standard InChI is InChI=1S/C21H35N3O4/c1-15-7-9-18(10-8-15)24-13-17(23-14-24)12-16(19(25)26)6-5-11-22-20(27)28-21(2,3)4/h13-16,18H,5-12H2,1-4H3,(H,22,27)(H,25,26). The highest BCUT2D eigenvalue weighted by Crippen LogP contribution is 2.31. The van der Waals surface area contributed by atoms with Gasteiger partial charge in [-0.25, -0.2) is 9.78 Å². The summed E-state index contributed by atoms with van der Waals surface area (Å²) >= 11 is 0. The summed E-state index contributed by atoms with van der Waals surface area (Å²) in [5.74, 6) is -0.529. The quantitative estimate of drug-likeness (QED) is 0.646. The summed E-state index contributed by atoms with van der Waals surface area (Å²) in [5.41, 5.74) is 0.286. The molecule has 1 unspecified atom stereocenters. The summed E-state index contributed by atoms with van der Waals surface area (Å²) in [6.07, 6.45) is 9.66. The normalized spacial score (nSPS) is 21.1. The fraction of sp³-hybridized carbons (Fsp3) is 0.762. The van der Waals surface area contributed by atoms with E-state index in [2.05, 4.69) is 21.8 Å². The minimum atomic E-state index is -0.821. The number of amides is 1. The highest BCUT2D eigenvalue weighted by molar-refractivity contribution is 5.70. The molecule has 0 aliphatic heterocycles. The van der Waals surface area contributed by atoms with Gasteiger partial charge in [0.1, 0.15) is 5.60 Å². The molecule has 2 rings (SSSR count). The maximum Gasteiger partial charge on any atom is 0.407 e. The predicted molar refractivity (Wildman–Crippen MR) is 107 cm³/mol. The predicted octanol–water partition coefficient (Wildman–Crippen LogP) is 4.18. The Hall–Kier alpha value is -2.05. The monoisotopic (exact) mass is 393 g/mol. The zero-order valence-electron chi connectivity index (χ0n) is 17.6. The maximum atomic E-state index is 11.6. The second kappa shape index (κ2) is 9.94. The Morgan fingerprint density at radius 1 is 1.32 bits per heavy atom. The highest BCUT2D eigenvalue weighted by atomic mass is 16.6. The van der Waals surface area contributed by atoms with Crippen molar-refractivity contribution in [3.8, 4) is 0 Å². The van der Waals surface area contributed by atoms with E-state index in [-0.39, 0.29) is 0 Å². The van der Waals surface area contributed by atoms with Crippen molar-refractivity contribution < 1.29 is 19.4 Å². The number of hydrogen-bond donors (Lipinski definition) is 2. The van der Waals surface area contributed by atoms with Crippen LogP contribution in [0.1, 0.15) is 78.0 Å². The zero-order chi connectivity index (χ0) is 20.7. The summed E-state index contributed by atoms with van der Waals surface area (Å²) in [5, 5.41) is 12.2. The maximum absolute atomic E-state index is 11.6. The van der Waals surface area contributed by atoms with E-state index in [1.807, 2.05) is 12.5 Å². The van der Waals surface area contributed by atoms with Crippen molar-refractivity contribution in [3.05, 3.63) is 18.2 Å². The van der Waals surface area contributed by atoms with E-state index in [9.17, 15) is 14.7 Å². The molecule has 7 nitrogen and oxygen atoms in total. The van der Waals surface area contributed by atoms with Crippen LogP contribution in [0.15, 0.2) is 12.5 Å². The smallest absolute Gasteiger partial charge is 0.407 e. The van der Waals surface area contributed by atoms with E-state index in [0.29, 0.717) is 31.8 Å². The van der Waals surface area contributed by atoms with E-state index in [1.54, 1.807) is 20.8 Å². The molecule has 1 aliphatic rings. The average molecular weight is 394 g/mol. The van der Waals surface area contributed by atoms with E-state index < -0.39 is 23.6 Å². The second-order valence-corrected chi connectivity index (χ2v) is 9.04. The number of ether oxygens (including phenoxy) is 1. The minimum absolute atomic E-state index is 0.396. The van der Waals surface area contributed by atoms with Gasteiger partial charge in [-0.05, 0) is 65.2 Å². The molecule has 1 fully saturated rings. The summed E-state index contributed by atoms with van der Waals surface area (Å²) in [6, 6.07) is 0.485. The van der Waals surface area contributed by atoms with Gasteiger partial charge in [-0.2, -0.15) is 0 Å². The Morgan fingerprint density at radius 3 is 2.61 bits per heavy atom. The number of carbonyl (C=O) groups is 2. The molecule has 7 heteroatoms. The first-order chi connectivity index (χ1) is 13.1. The average Bonchev–Trinajstić information content (AvgIpc) is 3.05. The van der Waals surface area contributed by atoms with Gasteiger partial charge in [0.2, 0.25) is 0 Å². The fourth-order valence-corrected chi connectivity index (χ4v) is 3.64. The molecule has 28 heavy (non-hydrogen) atoms. The van der Waals surface area contributed by atoms with E-state index in [1.165, 1.54) is 12.8 Å². The fourth-order valence-electron chi connectivity index (χ4n) is 3.64. The van der Waals surface area contributed by atoms with Crippen molar-refractivity contribution in [1.82, 2.24) is 14.9 Å². The molecule has 1 aliphatic carbocycles. The van der Waals surface area contributed by atoms with Gasteiger partial charge < -0.3 is 19.7 Å². The number of carbonyl (C=O) groups excluding carboxylic acids is 1. The molecule has 2 N–H and O–H groups in total. The van der Waals surface area contributed by atoms with Gasteiger partial charge in [-0.15, -0.1) is 0 Å². The van der Waals surface area contributed by atoms with Crippen LogP contribution >= 0.6 is 0 Å². The lowest BCUT2D eigenvalue weighted by Gasteiger charge is -2.26. The Bertz CT molecular complexity index is 642. The van der Waals surface area contributed by atoms with Gasteiger partial charge in [0.15, 0.2) is 0 Å². The lowest BCUT2D eigenvalue weighted by molar-refractivity contribution is -0.142. The molecule has 1 heterocycles. The largest absolute Gasteiger partial charge is 0.481 e. The molecule has 1 amide bonds. The Labute approximate surface area is 167 Å². The van der Waals surface area contributed by atoms with Gasteiger partial charge in [0, 0.05) is 25.2 Å². The van der Waals surface area contributed by atoms with Crippen molar-refractivity contribution >= 4 is 12.1 Å². The Morgan fingerprint density at radius 2 is 2.00 bits per heavy atom. The van der Waals surface area contributed by atoms with E-state index >= 15 is 0 Å². The minimum Gasteiger partial charge on any atom is -0.481 e. The molecule has 0 saturated heterocycles. The van der Waals surface area contributed by atoms with Crippen LogP contribution in [0.3, 0.4) is 0 Å². The Kier molecular flexibility index (Phi) is 7.89. The van der Waals surface area contributed by atoms with Crippen molar-refractivity contribution in [2.24, 2.45) is 11.8 Å². The molecule has 1 atom stereocenters. The van der Waals surface area contributed by atoms with Crippen LogP contribution in [0.4, 0.5) is 4.79 Å². The zero-order valence-corrected chi connectivity index (χ0v) is 17.6. The number of imidazole rings is 1. The number of aliphatic carboxylic acids is 1. The summed E-state index contributed by atoms with van der Waals surface area (Å²) in [6.45, 7) is 8.11. The lowest BCUT2D eigenvalue weighted by Crippen LogP contribution is -2.33. The lowest BCUT2D eigenvalue weighted by atomic mass is 9.87. The van der Waals surface area contributed by atoms with Gasteiger partial charge >= 0.3 is 12.1 Å². The van der Waals surface area contributed by atoms with Gasteiger partial charge in [-0.1, -0.05) is 6.92 Å². The third-order valence-corrected chi connectivity index (χ3v) is 5.26. The number of aromatic nitrogens is 2. The second-order valence-electron chi connectivity index (χ2n) is 9.04. The third-order valence-electron chi connectivity index (χ3n) is 5.26. The molecule has 1 aromatic heterocycles. The van der Waals surface area contributed by atoms with Crippen LogP contribution in [-0.2, 0) is 16.0 Å². The van der Waals surface area contributed by atoms with Gasteiger partial charge in [0.25, 0.3) is 0 Å². The van der Waals surface area contributed by atoms with Gasteiger partial charge in [-0.3, -0.25) is 4.79 Å². The van der Waals surface area contributed by atoms with Crippen LogP contribution in [-0.4, -0.2) is 38.9 Å².